The van der Waals surface area contributed by atoms with Gasteiger partial charge in [-0.15, -0.1) is 0 Å². The van der Waals surface area contributed by atoms with Crippen LogP contribution in [0, 0.1) is 11.8 Å². The zero-order valence-corrected chi connectivity index (χ0v) is 12.6. The molecule has 3 atom stereocenters. The Balaban J connectivity index is 1.82. The second kappa shape index (κ2) is 6.78. The molecule has 1 aromatic carbocycles. The van der Waals surface area contributed by atoms with Crippen molar-refractivity contribution in [3.63, 3.8) is 0 Å². The van der Waals surface area contributed by atoms with Crippen LogP contribution in [-0.4, -0.2) is 11.9 Å². The molecule has 3 nitrogen and oxygen atoms in total. The van der Waals surface area contributed by atoms with Gasteiger partial charge in [-0.2, -0.15) is 0 Å². The third-order valence-corrected chi connectivity index (χ3v) is 4.73. The summed E-state index contributed by atoms with van der Waals surface area (Å²) in [5.41, 5.74) is 7.74. The summed E-state index contributed by atoms with van der Waals surface area (Å²) in [6.45, 7) is 4.54. The van der Waals surface area contributed by atoms with E-state index < -0.39 is 0 Å². The first-order valence-electron chi connectivity index (χ1n) is 7.70. The minimum atomic E-state index is 0.152. The van der Waals surface area contributed by atoms with Gasteiger partial charge in [0.1, 0.15) is 0 Å². The lowest BCUT2D eigenvalue weighted by atomic mass is 9.78. The molecule has 1 aliphatic carbocycles. The number of aryl methyl sites for hydroxylation is 1. The van der Waals surface area contributed by atoms with Crippen molar-refractivity contribution in [3.05, 3.63) is 29.8 Å². The molecule has 0 bridgehead atoms. The molecule has 0 spiro atoms. The zero-order valence-electron chi connectivity index (χ0n) is 12.6. The van der Waals surface area contributed by atoms with Crippen molar-refractivity contribution in [2.24, 2.45) is 11.8 Å². The summed E-state index contributed by atoms with van der Waals surface area (Å²) in [5, 5.41) is 3.21. The number of carbonyl (C=O) groups is 1. The van der Waals surface area contributed by atoms with Gasteiger partial charge >= 0.3 is 0 Å². The topological polar surface area (TPSA) is 55.1 Å². The van der Waals surface area contributed by atoms with Crippen LogP contribution in [0.25, 0.3) is 0 Å². The molecule has 0 aromatic heterocycles. The number of nitrogens with two attached hydrogens (primary N) is 1. The predicted molar refractivity (Wildman–Crippen MR) is 83.3 cm³/mol. The van der Waals surface area contributed by atoms with Gasteiger partial charge in [-0.1, -0.05) is 44.9 Å². The van der Waals surface area contributed by atoms with Crippen molar-refractivity contribution in [2.75, 3.05) is 5.73 Å². The van der Waals surface area contributed by atoms with E-state index in [1.54, 1.807) is 0 Å². The Kier molecular flexibility index (Phi) is 5.05. The van der Waals surface area contributed by atoms with Crippen LogP contribution in [0.2, 0.25) is 0 Å². The Morgan fingerprint density at radius 2 is 2.05 bits per heavy atom. The molecule has 1 amide bonds. The molecular weight excluding hydrogens is 248 g/mol. The van der Waals surface area contributed by atoms with Gasteiger partial charge in [0.2, 0.25) is 5.91 Å². The van der Waals surface area contributed by atoms with Crippen LogP contribution in [0.4, 0.5) is 5.69 Å². The zero-order chi connectivity index (χ0) is 14.5. The number of amides is 1. The van der Waals surface area contributed by atoms with Crippen LogP contribution < -0.4 is 11.1 Å². The normalized spacial score (nSPS) is 26.2. The highest BCUT2D eigenvalue weighted by molar-refractivity contribution is 5.76. The van der Waals surface area contributed by atoms with E-state index in [2.05, 4.69) is 19.2 Å². The molecule has 1 fully saturated rings. The van der Waals surface area contributed by atoms with Crippen molar-refractivity contribution in [1.29, 1.82) is 0 Å². The van der Waals surface area contributed by atoms with Gasteiger partial charge < -0.3 is 11.1 Å². The fraction of sp³-hybridized carbons (Fsp3) is 0.588. The Labute approximate surface area is 121 Å². The van der Waals surface area contributed by atoms with Gasteiger partial charge in [0.15, 0.2) is 0 Å². The molecule has 20 heavy (non-hydrogen) atoms. The summed E-state index contributed by atoms with van der Waals surface area (Å²) < 4.78 is 0. The second-order valence-electron chi connectivity index (χ2n) is 6.14. The van der Waals surface area contributed by atoms with Crippen LogP contribution in [0.1, 0.15) is 45.1 Å². The Morgan fingerprint density at radius 1 is 1.30 bits per heavy atom. The second-order valence-corrected chi connectivity index (χ2v) is 6.14. The Hall–Kier alpha value is -1.51. The molecule has 1 aliphatic rings. The first kappa shape index (κ1) is 14.9. The van der Waals surface area contributed by atoms with Crippen LogP contribution >= 0.6 is 0 Å². The lowest BCUT2D eigenvalue weighted by molar-refractivity contribution is -0.122. The van der Waals surface area contributed by atoms with Crippen molar-refractivity contribution >= 4 is 11.6 Å². The first-order valence-corrected chi connectivity index (χ1v) is 7.70. The third-order valence-electron chi connectivity index (χ3n) is 4.73. The third kappa shape index (κ3) is 3.75. The van der Waals surface area contributed by atoms with E-state index >= 15 is 0 Å². The van der Waals surface area contributed by atoms with Crippen LogP contribution in [0.3, 0.4) is 0 Å². The molecular formula is C17H26N2O. The summed E-state index contributed by atoms with van der Waals surface area (Å²) >= 11 is 0. The summed E-state index contributed by atoms with van der Waals surface area (Å²) in [5.74, 6) is 1.44. The van der Waals surface area contributed by atoms with Gasteiger partial charge in [0.05, 0.1) is 0 Å². The summed E-state index contributed by atoms with van der Waals surface area (Å²) in [4.78, 5) is 12.1. The van der Waals surface area contributed by atoms with E-state index in [1.165, 1.54) is 12.8 Å². The molecule has 0 aliphatic heterocycles. The van der Waals surface area contributed by atoms with Gasteiger partial charge in [-0.05, 0) is 36.3 Å². The minimum absolute atomic E-state index is 0.152. The van der Waals surface area contributed by atoms with E-state index in [4.69, 9.17) is 5.73 Å². The molecule has 1 aromatic rings. The van der Waals surface area contributed by atoms with Crippen molar-refractivity contribution < 1.29 is 4.79 Å². The van der Waals surface area contributed by atoms with E-state index in [1.807, 2.05) is 24.3 Å². The SMILES string of the molecule is CC1CCCC(NC(=O)CCc2ccccc2N)C1C. The number of para-hydroxylation sites is 1. The molecule has 0 radical (unpaired) electrons. The maximum atomic E-state index is 12.1. The highest BCUT2D eigenvalue weighted by atomic mass is 16.1. The molecule has 3 unspecified atom stereocenters. The smallest absolute Gasteiger partial charge is 0.220 e. The molecule has 1 saturated carbocycles. The molecule has 110 valence electrons. The van der Waals surface area contributed by atoms with Crippen molar-refractivity contribution in [2.45, 2.75) is 52.0 Å². The summed E-state index contributed by atoms with van der Waals surface area (Å²) in [6.07, 6.45) is 4.86. The number of benzene rings is 1. The quantitative estimate of drug-likeness (QED) is 0.829. The van der Waals surface area contributed by atoms with E-state index in [0.717, 1.165) is 24.1 Å². The number of nitrogens with one attached hydrogen (secondary N) is 1. The largest absolute Gasteiger partial charge is 0.399 e. The maximum Gasteiger partial charge on any atom is 0.220 e. The number of nitrogen functional groups attached to an aromatic ring is 1. The molecule has 0 heterocycles. The first-order chi connectivity index (χ1) is 9.58. The standard InChI is InChI=1S/C17H26N2O/c1-12-6-5-9-16(13(12)2)19-17(20)11-10-14-7-3-4-8-15(14)18/h3-4,7-8,12-13,16H,5-6,9-11,18H2,1-2H3,(H,19,20). The highest BCUT2D eigenvalue weighted by Gasteiger charge is 2.27. The number of hydrogen-bond acceptors (Lipinski definition) is 2. The van der Waals surface area contributed by atoms with Crippen LogP contribution in [0.15, 0.2) is 24.3 Å². The fourth-order valence-corrected chi connectivity index (χ4v) is 3.07. The minimum Gasteiger partial charge on any atom is -0.399 e. The number of hydrogen-bond donors (Lipinski definition) is 2. The Bertz CT molecular complexity index is 458. The van der Waals surface area contributed by atoms with Crippen LogP contribution in [-0.2, 0) is 11.2 Å². The van der Waals surface area contributed by atoms with E-state index in [-0.39, 0.29) is 5.91 Å². The van der Waals surface area contributed by atoms with Crippen molar-refractivity contribution in [3.8, 4) is 0 Å². The average Bonchev–Trinajstić information content (AvgIpc) is 2.43. The van der Waals surface area contributed by atoms with Crippen LogP contribution in [0.5, 0.6) is 0 Å². The van der Waals surface area contributed by atoms with E-state index in [9.17, 15) is 4.79 Å². The lowest BCUT2D eigenvalue weighted by Gasteiger charge is -2.34. The van der Waals surface area contributed by atoms with Gasteiger partial charge in [-0.25, -0.2) is 0 Å². The molecule has 3 heteroatoms. The Morgan fingerprint density at radius 3 is 2.80 bits per heavy atom. The lowest BCUT2D eigenvalue weighted by Crippen LogP contribution is -2.43. The van der Waals surface area contributed by atoms with Gasteiger partial charge in [0, 0.05) is 18.2 Å². The monoisotopic (exact) mass is 274 g/mol. The van der Waals surface area contributed by atoms with E-state index in [0.29, 0.717) is 24.3 Å². The summed E-state index contributed by atoms with van der Waals surface area (Å²) in [7, 11) is 0. The van der Waals surface area contributed by atoms with Gasteiger partial charge in [-0.3, -0.25) is 4.79 Å². The average molecular weight is 274 g/mol. The highest BCUT2D eigenvalue weighted by Crippen LogP contribution is 2.29. The number of rotatable bonds is 4. The molecule has 0 saturated heterocycles. The molecule has 3 N–H and O–H groups in total. The predicted octanol–water partition coefficient (Wildman–Crippen LogP) is 3.14. The summed E-state index contributed by atoms with van der Waals surface area (Å²) in [6, 6.07) is 8.12. The maximum absolute atomic E-state index is 12.1. The number of carbonyl (C=O) groups excluding carboxylic acids is 1. The molecule has 2 rings (SSSR count). The number of anilines is 1. The fourth-order valence-electron chi connectivity index (χ4n) is 3.07. The van der Waals surface area contributed by atoms with Crippen molar-refractivity contribution in [1.82, 2.24) is 5.32 Å². The van der Waals surface area contributed by atoms with Gasteiger partial charge in [0.25, 0.3) is 0 Å².